The molecule has 76 valence electrons. The maximum atomic E-state index is 11.0. The van der Waals surface area contributed by atoms with Crippen molar-refractivity contribution in [3.05, 3.63) is 23.9 Å². The Morgan fingerprint density at radius 1 is 1.50 bits per heavy atom. The third-order valence-electron chi connectivity index (χ3n) is 1.89. The second kappa shape index (κ2) is 5.21. The number of amides is 1. The number of nitrogens with one attached hydrogen (secondary N) is 2. The van der Waals surface area contributed by atoms with Crippen LogP contribution in [0.4, 0.5) is 5.82 Å². The molecule has 1 aromatic heterocycles. The molecule has 1 aromatic rings. The summed E-state index contributed by atoms with van der Waals surface area (Å²) in [5.41, 5.74) is 1.01. The molecule has 0 aliphatic rings. The average Bonchev–Trinajstić information content (AvgIpc) is 2.26. The summed E-state index contributed by atoms with van der Waals surface area (Å²) >= 11 is 0. The Morgan fingerprint density at radius 2 is 2.29 bits per heavy atom. The second-order valence-corrected chi connectivity index (χ2v) is 2.93. The van der Waals surface area contributed by atoms with E-state index >= 15 is 0 Å². The number of aromatic nitrogens is 1. The van der Waals surface area contributed by atoms with E-state index in [0.717, 1.165) is 11.4 Å². The lowest BCUT2D eigenvalue weighted by Gasteiger charge is -2.04. The van der Waals surface area contributed by atoms with Crippen molar-refractivity contribution < 1.29 is 4.79 Å². The van der Waals surface area contributed by atoms with E-state index < -0.39 is 0 Å². The Hall–Kier alpha value is -1.58. The van der Waals surface area contributed by atoms with Gasteiger partial charge in [-0.3, -0.25) is 4.79 Å². The van der Waals surface area contributed by atoms with Crippen LogP contribution >= 0.6 is 0 Å². The van der Waals surface area contributed by atoms with Gasteiger partial charge < -0.3 is 10.6 Å². The standard InChI is InChI=1S/C10H15N3O/c1-3-10(14)13-7-8-4-5-9(11-2)12-6-8/h4-6H,3,7H2,1-2H3,(H,11,12)(H,13,14). The molecule has 0 saturated carbocycles. The van der Waals surface area contributed by atoms with E-state index in [-0.39, 0.29) is 5.91 Å². The monoisotopic (exact) mass is 193 g/mol. The molecular weight excluding hydrogens is 178 g/mol. The predicted molar refractivity (Wildman–Crippen MR) is 55.9 cm³/mol. The van der Waals surface area contributed by atoms with Crippen LogP contribution in [0.25, 0.3) is 0 Å². The van der Waals surface area contributed by atoms with Gasteiger partial charge in [-0.15, -0.1) is 0 Å². The van der Waals surface area contributed by atoms with Gasteiger partial charge in [-0.1, -0.05) is 13.0 Å². The van der Waals surface area contributed by atoms with E-state index in [1.54, 1.807) is 6.20 Å². The maximum absolute atomic E-state index is 11.0. The van der Waals surface area contributed by atoms with Gasteiger partial charge >= 0.3 is 0 Å². The van der Waals surface area contributed by atoms with Gasteiger partial charge in [0.05, 0.1) is 0 Å². The van der Waals surface area contributed by atoms with E-state index in [9.17, 15) is 4.79 Å². The normalized spacial score (nSPS) is 9.57. The smallest absolute Gasteiger partial charge is 0.219 e. The molecule has 2 N–H and O–H groups in total. The van der Waals surface area contributed by atoms with Crippen LogP contribution in [-0.4, -0.2) is 17.9 Å². The van der Waals surface area contributed by atoms with Crippen molar-refractivity contribution in [3.8, 4) is 0 Å². The predicted octanol–water partition coefficient (Wildman–Crippen LogP) is 1.15. The van der Waals surface area contributed by atoms with E-state index in [2.05, 4.69) is 15.6 Å². The summed E-state index contributed by atoms with van der Waals surface area (Å²) in [7, 11) is 1.82. The van der Waals surface area contributed by atoms with E-state index in [0.29, 0.717) is 13.0 Å². The molecule has 0 atom stereocenters. The number of carbonyl (C=O) groups is 1. The fraction of sp³-hybridized carbons (Fsp3) is 0.400. The van der Waals surface area contributed by atoms with Crippen molar-refractivity contribution >= 4 is 11.7 Å². The first-order valence-corrected chi connectivity index (χ1v) is 4.65. The molecule has 4 heteroatoms. The zero-order valence-corrected chi connectivity index (χ0v) is 8.50. The van der Waals surface area contributed by atoms with Crippen molar-refractivity contribution in [1.29, 1.82) is 0 Å². The number of hydrogen-bond acceptors (Lipinski definition) is 3. The van der Waals surface area contributed by atoms with Crippen molar-refractivity contribution in [2.24, 2.45) is 0 Å². The van der Waals surface area contributed by atoms with Gasteiger partial charge in [-0.05, 0) is 11.6 Å². The zero-order chi connectivity index (χ0) is 10.4. The highest BCUT2D eigenvalue weighted by Gasteiger charge is 1.97. The van der Waals surface area contributed by atoms with Gasteiger partial charge in [-0.25, -0.2) is 4.98 Å². The molecular formula is C10H15N3O. The summed E-state index contributed by atoms with van der Waals surface area (Å²) in [4.78, 5) is 15.1. The second-order valence-electron chi connectivity index (χ2n) is 2.93. The first-order valence-electron chi connectivity index (χ1n) is 4.65. The van der Waals surface area contributed by atoms with E-state index in [4.69, 9.17) is 0 Å². The molecule has 1 heterocycles. The van der Waals surface area contributed by atoms with Crippen LogP contribution < -0.4 is 10.6 Å². The van der Waals surface area contributed by atoms with Crippen LogP contribution in [0.5, 0.6) is 0 Å². The number of nitrogens with zero attached hydrogens (tertiary/aromatic N) is 1. The molecule has 0 aromatic carbocycles. The van der Waals surface area contributed by atoms with Crippen molar-refractivity contribution in [2.75, 3.05) is 12.4 Å². The van der Waals surface area contributed by atoms with Crippen molar-refractivity contribution in [2.45, 2.75) is 19.9 Å². The lowest BCUT2D eigenvalue weighted by atomic mass is 10.3. The molecule has 0 bridgehead atoms. The van der Waals surface area contributed by atoms with Crippen LogP contribution in [0.15, 0.2) is 18.3 Å². The number of hydrogen-bond donors (Lipinski definition) is 2. The molecule has 14 heavy (non-hydrogen) atoms. The molecule has 0 aliphatic carbocycles. The average molecular weight is 193 g/mol. The lowest BCUT2D eigenvalue weighted by molar-refractivity contribution is -0.120. The first kappa shape index (κ1) is 10.5. The number of carbonyl (C=O) groups excluding carboxylic acids is 1. The van der Waals surface area contributed by atoms with Gasteiger partial charge in [0.15, 0.2) is 0 Å². The Kier molecular flexibility index (Phi) is 3.91. The number of rotatable bonds is 4. The summed E-state index contributed by atoms with van der Waals surface area (Å²) < 4.78 is 0. The van der Waals surface area contributed by atoms with Crippen LogP contribution in [0.2, 0.25) is 0 Å². The van der Waals surface area contributed by atoms with E-state index in [1.807, 2.05) is 26.1 Å². The largest absolute Gasteiger partial charge is 0.373 e. The molecule has 0 fully saturated rings. The molecule has 0 spiro atoms. The Morgan fingerprint density at radius 3 is 2.79 bits per heavy atom. The molecule has 0 unspecified atom stereocenters. The molecule has 4 nitrogen and oxygen atoms in total. The highest BCUT2D eigenvalue weighted by Crippen LogP contribution is 2.03. The molecule has 0 saturated heterocycles. The third-order valence-corrected chi connectivity index (χ3v) is 1.89. The summed E-state index contributed by atoms with van der Waals surface area (Å²) in [6.45, 7) is 2.38. The quantitative estimate of drug-likeness (QED) is 0.754. The third kappa shape index (κ3) is 3.05. The summed E-state index contributed by atoms with van der Waals surface area (Å²) in [5.74, 6) is 0.887. The Balaban J connectivity index is 2.47. The molecule has 1 rings (SSSR count). The van der Waals surface area contributed by atoms with E-state index in [1.165, 1.54) is 0 Å². The van der Waals surface area contributed by atoms with Crippen LogP contribution in [-0.2, 0) is 11.3 Å². The maximum Gasteiger partial charge on any atom is 0.219 e. The van der Waals surface area contributed by atoms with Crippen LogP contribution in [0.1, 0.15) is 18.9 Å². The number of pyridine rings is 1. The Labute approximate surface area is 83.7 Å². The highest BCUT2D eigenvalue weighted by atomic mass is 16.1. The van der Waals surface area contributed by atoms with Crippen molar-refractivity contribution in [3.63, 3.8) is 0 Å². The summed E-state index contributed by atoms with van der Waals surface area (Å²) in [5, 5.41) is 5.72. The van der Waals surface area contributed by atoms with Gasteiger partial charge in [0.1, 0.15) is 5.82 Å². The summed E-state index contributed by atoms with van der Waals surface area (Å²) in [6, 6.07) is 3.82. The minimum atomic E-state index is 0.0580. The van der Waals surface area contributed by atoms with Gasteiger partial charge in [0, 0.05) is 26.2 Å². The minimum Gasteiger partial charge on any atom is -0.373 e. The molecule has 0 aliphatic heterocycles. The molecule has 0 radical (unpaired) electrons. The Bertz CT molecular complexity index is 295. The highest BCUT2D eigenvalue weighted by molar-refractivity contribution is 5.75. The zero-order valence-electron chi connectivity index (χ0n) is 8.50. The van der Waals surface area contributed by atoms with Gasteiger partial charge in [-0.2, -0.15) is 0 Å². The number of anilines is 1. The minimum absolute atomic E-state index is 0.0580. The van der Waals surface area contributed by atoms with Gasteiger partial charge in [0.25, 0.3) is 0 Å². The molecule has 1 amide bonds. The van der Waals surface area contributed by atoms with Crippen LogP contribution in [0, 0.1) is 0 Å². The lowest BCUT2D eigenvalue weighted by Crippen LogP contribution is -2.21. The van der Waals surface area contributed by atoms with Crippen molar-refractivity contribution in [1.82, 2.24) is 10.3 Å². The fourth-order valence-corrected chi connectivity index (χ4v) is 1.00. The fourth-order valence-electron chi connectivity index (χ4n) is 1.00. The van der Waals surface area contributed by atoms with Crippen LogP contribution in [0.3, 0.4) is 0 Å². The SMILES string of the molecule is CCC(=O)NCc1ccc(NC)nc1. The van der Waals surface area contributed by atoms with Gasteiger partial charge in [0.2, 0.25) is 5.91 Å². The first-order chi connectivity index (χ1) is 6.76. The summed E-state index contributed by atoms with van der Waals surface area (Å²) in [6.07, 6.45) is 2.27. The topological polar surface area (TPSA) is 54.0 Å².